The first-order chi connectivity index (χ1) is 13.1. The third-order valence-electron chi connectivity index (χ3n) is 4.36. The number of ether oxygens (including phenoxy) is 2. The smallest absolute Gasteiger partial charge is 0.336 e. The monoisotopic (exact) mass is 366 g/mol. The lowest BCUT2D eigenvalue weighted by atomic mass is 10.0. The van der Waals surface area contributed by atoms with Gasteiger partial charge in [-0.15, -0.1) is 0 Å². The number of hydrogen-bond donors (Lipinski definition) is 0. The lowest BCUT2D eigenvalue weighted by Gasteiger charge is -2.09. The fourth-order valence-corrected chi connectivity index (χ4v) is 2.90. The Kier molecular flexibility index (Phi) is 5.91. The molecule has 0 aliphatic carbocycles. The molecule has 0 N–H and O–H groups in total. The lowest BCUT2D eigenvalue weighted by molar-refractivity contribution is 0.0921. The van der Waals surface area contributed by atoms with Gasteiger partial charge in [-0.05, 0) is 42.7 Å². The molecule has 3 aromatic rings. The highest BCUT2D eigenvalue weighted by molar-refractivity contribution is 5.97. The summed E-state index contributed by atoms with van der Waals surface area (Å²) in [5.74, 6) is 0.939. The van der Waals surface area contributed by atoms with Crippen LogP contribution in [0, 0.1) is 0 Å². The van der Waals surface area contributed by atoms with Gasteiger partial charge in [0.1, 0.15) is 17.1 Å². The van der Waals surface area contributed by atoms with Crippen molar-refractivity contribution in [2.24, 2.45) is 0 Å². The normalized spacial score (nSPS) is 10.7. The van der Waals surface area contributed by atoms with Gasteiger partial charge < -0.3 is 13.9 Å². The first-order valence-electron chi connectivity index (χ1n) is 8.97. The topological polar surface area (TPSA) is 65.7 Å². The van der Waals surface area contributed by atoms with Crippen molar-refractivity contribution in [1.82, 2.24) is 0 Å². The third kappa shape index (κ3) is 4.56. The molecule has 0 saturated carbocycles. The molecule has 0 fully saturated rings. The van der Waals surface area contributed by atoms with Crippen molar-refractivity contribution in [2.75, 3.05) is 13.7 Å². The van der Waals surface area contributed by atoms with E-state index in [9.17, 15) is 9.59 Å². The van der Waals surface area contributed by atoms with Crippen LogP contribution >= 0.6 is 0 Å². The Morgan fingerprint density at radius 2 is 1.93 bits per heavy atom. The third-order valence-corrected chi connectivity index (χ3v) is 4.36. The predicted octanol–water partition coefficient (Wildman–Crippen LogP) is 4.41. The molecule has 140 valence electrons. The van der Waals surface area contributed by atoms with Gasteiger partial charge in [-0.3, -0.25) is 4.79 Å². The first kappa shape index (κ1) is 18.7. The molecule has 0 spiro atoms. The van der Waals surface area contributed by atoms with E-state index in [2.05, 4.69) is 6.92 Å². The number of rotatable bonds is 8. The van der Waals surface area contributed by atoms with Crippen LogP contribution in [0.1, 0.15) is 35.7 Å². The second-order valence-electron chi connectivity index (χ2n) is 6.30. The number of Topliss-reactive ketones (excluding diaryl/α,β-unsaturated/α-hetero) is 1. The molecule has 0 aliphatic heterocycles. The van der Waals surface area contributed by atoms with Crippen LogP contribution in [-0.2, 0) is 6.42 Å². The van der Waals surface area contributed by atoms with Crippen molar-refractivity contribution in [3.63, 3.8) is 0 Å². The van der Waals surface area contributed by atoms with E-state index in [1.165, 1.54) is 0 Å². The van der Waals surface area contributed by atoms with Gasteiger partial charge in [-0.25, -0.2) is 4.79 Å². The molecular formula is C22H22O5. The number of aryl methyl sites for hydroxylation is 1. The average Bonchev–Trinajstić information content (AvgIpc) is 2.69. The number of methoxy groups -OCH3 is 1. The molecule has 5 nitrogen and oxygen atoms in total. The Labute approximate surface area is 157 Å². The molecule has 0 saturated heterocycles. The summed E-state index contributed by atoms with van der Waals surface area (Å²) in [4.78, 5) is 24.1. The number of benzene rings is 2. The maximum atomic E-state index is 12.3. The number of carbonyl (C=O) groups is 1. The molecule has 0 bridgehead atoms. The molecule has 1 aromatic heterocycles. The van der Waals surface area contributed by atoms with E-state index in [1.807, 2.05) is 6.07 Å². The van der Waals surface area contributed by atoms with Gasteiger partial charge in [0.2, 0.25) is 0 Å². The number of hydrogen-bond acceptors (Lipinski definition) is 5. The first-order valence-corrected chi connectivity index (χ1v) is 8.97. The quantitative estimate of drug-likeness (QED) is 0.436. The van der Waals surface area contributed by atoms with Gasteiger partial charge in [-0.1, -0.05) is 25.5 Å². The standard InChI is InChI=1S/C22H22O5/c1-3-4-6-15-12-22(24)27-21-13-18(9-10-19(15)21)26-14-20(23)16-7-5-8-17(11-16)25-2/h5,7-13H,3-4,6,14H2,1-2H3. The average molecular weight is 366 g/mol. The predicted molar refractivity (Wildman–Crippen MR) is 104 cm³/mol. The summed E-state index contributed by atoms with van der Waals surface area (Å²) in [6, 6.07) is 13.8. The van der Waals surface area contributed by atoms with E-state index < -0.39 is 0 Å². The highest BCUT2D eigenvalue weighted by atomic mass is 16.5. The minimum atomic E-state index is -0.377. The molecule has 5 heteroatoms. The minimum absolute atomic E-state index is 0.113. The molecule has 0 unspecified atom stereocenters. The Morgan fingerprint density at radius 3 is 2.70 bits per heavy atom. The van der Waals surface area contributed by atoms with Crippen LogP contribution in [0.4, 0.5) is 0 Å². The molecule has 0 atom stereocenters. The van der Waals surface area contributed by atoms with Crippen molar-refractivity contribution in [3.8, 4) is 11.5 Å². The Bertz CT molecular complexity index is 1000. The summed E-state index contributed by atoms with van der Waals surface area (Å²) in [5, 5.41) is 0.898. The zero-order valence-corrected chi connectivity index (χ0v) is 15.5. The van der Waals surface area contributed by atoms with E-state index in [0.717, 1.165) is 30.2 Å². The second-order valence-corrected chi connectivity index (χ2v) is 6.30. The Morgan fingerprint density at radius 1 is 1.07 bits per heavy atom. The second kappa shape index (κ2) is 8.54. The van der Waals surface area contributed by atoms with Gasteiger partial charge in [0.15, 0.2) is 12.4 Å². The van der Waals surface area contributed by atoms with Gasteiger partial charge in [0.25, 0.3) is 0 Å². The van der Waals surface area contributed by atoms with Crippen molar-refractivity contribution in [1.29, 1.82) is 0 Å². The number of carbonyl (C=O) groups excluding carboxylic acids is 1. The molecule has 0 amide bonds. The SMILES string of the molecule is CCCCc1cc(=O)oc2cc(OCC(=O)c3cccc(OC)c3)ccc12. The van der Waals surface area contributed by atoms with Crippen LogP contribution in [0.25, 0.3) is 11.0 Å². The lowest BCUT2D eigenvalue weighted by Crippen LogP contribution is -2.11. The molecular weight excluding hydrogens is 344 g/mol. The summed E-state index contributed by atoms with van der Waals surface area (Å²) >= 11 is 0. The fraction of sp³-hybridized carbons (Fsp3) is 0.273. The minimum Gasteiger partial charge on any atom is -0.497 e. The van der Waals surface area contributed by atoms with Crippen LogP contribution < -0.4 is 15.1 Å². The molecule has 1 heterocycles. The summed E-state index contributed by atoms with van der Waals surface area (Å²) in [5.41, 5.74) is 1.59. The Hall–Kier alpha value is -3.08. The van der Waals surface area contributed by atoms with E-state index in [0.29, 0.717) is 22.6 Å². The van der Waals surface area contributed by atoms with Gasteiger partial charge in [0.05, 0.1) is 7.11 Å². The number of unbranched alkanes of at least 4 members (excludes halogenated alkanes) is 1. The zero-order chi connectivity index (χ0) is 19.2. The van der Waals surface area contributed by atoms with Crippen molar-refractivity contribution in [3.05, 3.63) is 70.1 Å². The maximum absolute atomic E-state index is 12.3. The molecule has 3 rings (SSSR count). The van der Waals surface area contributed by atoms with E-state index in [-0.39, 0.29) is 18.0 Å². The van der Waals surface area contributed by atoms with Gasteiger partial charge in [0, 0.05) is 23.1 Å². The summed E-state index contributed by atoms with van der Waals surface area (Å²) < 4.78 is 16.1. The van der Waals surface area contributed by atoms with Crippen LogP contribution in [0.2, 0.25) is 0 Å². The fourth-order valence-electron chi connectivity index (χ4n) is 2.90. The highest BCUT2D eigenvalue weighted by Gasteiger charge is 2.10. The Balaban J connectivity index is 1.77. The number of fused-ring (bicyclic) bond motifs is 1. The maximum Gasteiger partial charge on any atom is 0.336 e. The van der Waals surface area contributed by atoms with E-state index in [1.54, 1.807) is 49.6 Å². The molecule has 0 radical (unpaired) electrons. The van der Waals surface area contributed by atoms with Crippen LogP contribution in [0.3, 0.4) is 0 Å². The van der Waals surface area contributed by atoms with Crippen LogP contribution in [0.5, 0.6) is 11.5 Å². The largest absolute Gasteiger partial charge is 0.497 e. The van der Waals surface area contributed by atoms with Crippen molar-refractivity contribution < 1.29 is 18.7 Å². The summed E-state index contributed by atoms with van der Waals surface area (Å²) in [6.07, 6.45) is 2.88. The van der Waals surface area contributed by atoms with Crippen molar-refractivity contribution in [2.45, 2.75) is 26.2 Å². The van der Waals surface area contributed by atoms with Gasteiger partial charge in [-0.2, -0.15) is 0 Å². The van der Waals surface area contributed by atoms with E-state index in [4.69, 9.17) is 13.9 Å². The van der Waals surface area contributed by atoms with Crippen LogP contribution in [0.15, 0.2) is 57.7 Å². The zero-order valence-electron chi connectivity index (χ0n) is 15.5. The summed E-state index contributed by atoms with van der Waals surface area (Å²) in [6.45, 7) is 2.00. The van der Waals surface area contributed by atoms with Gasteiger partial charge >= 0.3 is 5.63 Å². The molecule has 27 heavy (non-hydrogen) atoms. The highest BCUT2D eigenvalue weighted by Crippen LogP contribution is 2.24. The van der Waals surface area contributed by atoms with E-state index >= 15 is 0 Å². The molecule has 0 aliphatic rings. The van der Waals surface area contributed by atoms with Crippen LogP contribution in [-0.4, -0.2) is 19.5 Å². The molecule has 2 aromatic carbocycles. The summed E-state index contributed by atoms with van der Waals surface area (Å²) in [7, 11) is 1.55. The number of ketones is 1. The van der Waals surface area contributed by atoms with Crippen molar-refractivity contribution >= 4 is 16.8 Å².